The number of fused-ring (bicyclic) bond motifs is 1. The number of carboxylic acids is 1. The predicted octanol–water partition coefficient (Wildman–Crippen LogP) is 3.56. The number of hydrogen-bond acceptors (Lipinski definition) is 4. The lowest BCUT2D eigenvalue weighted by molar-refractivity contribution is -0.138. The lowest BCUT2D eigenvalue weighted by atomic mass is 9.93. The minimum absolute atomic E-state index is 0.0444. The molecule has 1 atom stereocenters. The molecule has 11 heteroatoms. The van der Waals surface area contributed by atoms with Crippen LogP contribution in [0.25, 0.3) is 0 Å². The first-order chi connectivity index (χ1) is 14.5. The maximum absolute atomic E-state index is 13.4. The Kier molecular flexibility index (Phi) is 5.37. The van der Waals surface area contributed by atoms with Crippen LogP contribution in [0.1, 0.15) is 60.0 Å². The van der Waals surface area contributed by atoms with E-state index in [-0.39, 0.29) is 17.4 Å². The first-order valence-corrected chi connectivity index (χ1v) is 11.4. The van der Waals surface area contributed by atoms with Gasteiger partial charge in [0.25, 0.3) is 0 Å². The molecule has 0 bridgehead atoms. The fraction of sp³-hybridized carbons (Fsp3) is 0.500. The number of halogens is 3. The molecule has 1 heterocycles. The van der Waals surface area contributed by atoms with E-state index in [9.17, 15) is 26.4 Å². The van der Waals surface area contributed by atoms with E-state index in [4.69, 9.17) is 5.11 Å². The smallest absolute Gasteiger partial charge is 0.416 e. The van der Waals surface area contributed by atoms with Crippen LogP contribution in [0.15, 0.2) is 29.3 Å². The summed E-state index contributed by atoms with van der Waals surface area (Å²) in [5.74, 6) is -1.11. The van der Waals surface area contributed by atoms with Crippen molar-refractivity contribution in [2.75, 3.05) is 7.05 Å². The number of rotatable bonds is 6. The van der Waals surface area contributed by atoms with Gasteiger partial charge in [-0.2, -0.15) is 22.6 Å². The molecule has 1 fully saturated rings. The lowest BCUT2D eigenvalue weighted by Crippen LogP contribution is -2.33. The van der Waals surface area contributed by atoms with Crippen molar-refractivity contribution in [3.05, 3.63) is 46.8 Å². The van der Waals surface area contributed by atoms with Crippen LogP contribution in [-0.2, 0) is 34.0 Å². The van der Waals surface area contributed by atoms with Gasteiger partial charge in [0.15, 0.2) is 0 Å². The SMILES string of the molecule is CN([C@@H]1CCCc2c1cnn2CC(=O)O)S(=O)(=O)c1cc(C2CC2)cc(C(F)(F)F)c1. The largest absolute Gasteiger partial charge is 0.480 e. The summed E-state index contributed by atoms with van der Waals surface area (Å²) in [6.07, 6.45) is -0.0759. The van der Waals surface area contributed by atoms with Gasteiger partial charge in [-0.25, -0.2) is 8.42 Å². The number of aliphatic carboxylic acids is 1. The van der Waals surface area contributed by atoms with E-state index in [0.29, 0.717) is 42.1 Å². The number of aromatic nitrogens is 2. The van der Waals surface area contributed by atoms with Crippen molar-refractivity contribution in [3.8, 4) is 0 Å². The van der Waals surface area contributed by atoms with Crippen LogP contribution in [0, 0.1) is 0 Å². The van der Waals surface area contributed by atoms with E-state index in [0.717, 1.165) is 23.2 Å². The number of carbonyl (C=O) groups is 1. The lowest BCUT2D eigenvalue weighted by Gasteiger charge is -2.31. The summed E-state index contributed by atoms with van der Waals surface area (Å²) < 4.78 is 69.3. The summed E-state index contributed by atoms with van der Waals surface area (Å²) >= 11 is 0. The fourth-order valence-corrected chi connectivity index (χ4v) is 5.61. The Labute approximate surface area is 177 Å². The molecule has 0 spiro atoms. The van der Waals surface area contributed by atoms with Gasteiger partial charge in [0.05, 0.1) is 22.7 Å². The molecule has 2 aliphatic carbocycles. The maximum Gasteiger partial charge on any atom is 0.416 e. The van der Waals surface area contributed by atoms with E-state index in [2.05, 4.69) is 5.10 Å². The van der Waals surface area contributed by atoms with Crippen LogP contribution in [0.2, 0.25) is 0 Å². The van der Waals surface area contributed by atoms with Gasteiger partial charge in [0.1, 0.15) is 6.54 Å². The van der Waals surface area contributed by atoms with Crippen LogP contribution in [0.3, 0.4) is 0 Å². The first kappa shape index (κ1) is 21.8. The van der Waals surface area contributed by atoms with Gasteiger partial charge >= 0.3 is 12.1 Å². The Morgan fingerprint density at radius 2 is 1.97 bits per heavy atom. The first-order valence-electron chi connectivity index (χ1n) is 9.95. The summed E-state index contributed by atoms with van der Waals surface area (Å²) in [7, 11) is -2.88. The highest BCUT2D eigenvalue weighted by atomic mass is 32.2. The summed E-state index contributed by atoms with van der Waals surface area (Å²) in [6.45, 7) is -0.336. The highest BCUT2D eigenvalue weighted by Crippen LogP contribution is 2.44. The van der Waals surface area contributed by atoms with Gasteiger partial charge < -0.3 is 5.11 Å². The molecule has 4 rings (SSSR count). The van der Waals surface area contributed by atoms with Crippen LogP contribution in [0.5, 0.6) is 0 Å². The van der Waals surface area contributed by atoms with Crippen molar-refractivity contribution < 1.29 is 31.5 Å². The average Bonchev–Trinajstić information content (AvgIpc) is 3.48. The topological polar surface area (TPSA) is 92.5 Å². The van der Waals surface area contributed by atoms with E-state index < -0.39 is 33.8 Å². The fourth-order valence-electron chi connectivity index (χ4n) is 4.16. The molecule has 7 nitrogen and oxygen atoms in total. The third kappa shape index (κ3) is 4.20. The molecule has 1 N–H and O–H groups in total. The molecule has 0 radical (unpaired) electrons. The van der Waals surface area contributed by atoms with Gasteiger partial charge in [-0.3, -0.25) is 9.48 Å². The minimum Gasteiger partial charge on any atom is -0.480 e. The van der Waals surface area contributed by atoms with Gasteiger partial charge in [-0.05, 0) is 61.8 Å². The normalized spacial score (nSPS) is 19.5. The van der Waals surface area contributed by atoms with Crippen molar-refractivity contribution in [1.82, 2.24) is 14.1 Å². The molecule has 0 amide bonds. The second-order valence-corrected chi connectivity index (χ2v) is 10.1. The van der Waals surface area contributed by atoms with Gasteiger partial charge in [0.2, 0.25) is 10.0 Å². The summed E-state index contributed by atoms with van der Waals surface area (Å²) in [4.78, 5) is 10.7. The standard InChI is InChI=1S/C20H22F3N3O4S/c1-25(17-3-2-4-18-16(17)10-24-26(18)11-19(27)28)31(29,30)15-8-13(12-5-6-12)7-14(9-15)20(21,22)23/h7-10,12,17H,2-6,11H2,1H3,(H,27,28)/t17-/m1/s1. The number of sulfonamides is 1. The van der Waals surface area contributed by atoms with E-state index in [1.807, 2.05) is 0 Å². The molecule has 0 saturated heterocycles. The second kappa shape index (κ2) is 7.63. The molecule has 31 heavy (non-hydrogen) atoms. The van der Waals surface area contributed by atoms with Crippen molar-refractivity contribution in [2.45, 2.75) is 61.7 Å². The van der Waals surface area contributed by atoms with Crippen LogP contribution in [-0.4, -0.2) is 40.6 Å². The van der Waals surface area contributed by atoms with Crippen LogP contribution >= 0.6 is 0 Å². The quantitative estimate of drug-likeness (QED) is 0.716. The Morgan fingerprint density at radius 3 is 2.58 bits per heavy atom. The zero-order chi connectivity index (χ0) is 22.6. The predicted molar refractivity (Wildman–Crippen MR) is 104 cm³/mol. The number of nitrogens with zero attached hydrogens (tertiary/aromatic N) is 3. The summed E-state index contributed by atoms with van der Waals surface area (Å²) in [5, 5.41) is 13.1. The Balaban J connectivity index is 1.71. The molecule has 1 saturated carbocycles. The third-order valence-electron chi connectivity index (χ3n) is 5.94. The van der Waals surface area contributed by atoms with Crippen molar-refractivity contribution >= 4 is 16.0 Å². The number of carboxylic acid groups (broad SMARTS) is 1. The zero-order valence-corrected chi connectivity index (χ0v) is 17.6. The highest BCUT2D eigenvalue weighted by Gasteiger charge is 2.38. The van der Waals surface area contributed by atoms with Crippen LogP contribution < -0.4 is 0 Å². The van der Waals surface area contributed by atoms with Crippen molar-refractivity contribution in [1.29, 1.82) is 0 Å². The summed E-state index contributed by atoms with van der Waals surface area (Å²) in [6, 6.07) is 2.44. The number of hydrogen-bond donors (Lipinski definition) is 1. The van der Waals surface area contributed by atoms with Crippen LogP contribution in [0.4, 0.5) is 13.2 Å². The Bertz CT molecular complexity index is 1120. The second-order valence-electron chi connectivity index (χ2n) is 8.09. The van der Waals surface area contributed by atoms with Crippen molar-refractivity contribution in [3.63, 3.8) is 0 Å². The maximum atomic E-state index is 13.4. The van der Waals surface area contributed by atoms with Crippen molar-refractivity contribution in [2.24, 2.45) is 0 Å². The van der Waals surface area contributed by atoms with Gasteiger partial charge in [-0.1, -0.05) is 0 Å². The molecule has 2 aliphatic rings. The third-order valence-corrected chi connectivity index (χ3v) is 7.78. The van der Waals surface area contributed by atoms with E-state index in [1.165, 1.54) is 24.0 Å². The molecule has 1 aromatic carbocycles. The number of benzene rings is 1. The monoisotopic (exact) mass is 457 g/mol. The minimum atomic E-state index is -4.65. The van der Waals surface area contributed by atoms with Gasteiger partial charge in [-0.15, -0.1) is 0 Å². The number of alkyl halides is 3. The van der Waals surface area contributed by atoms with E-state index in [1.54, 1.807) is 0 Å². The summed E-state index contributed by atoms with van der Waals surface area (Å²) in [5.41, 5.74) is 0.652. The molecule has 0 aliphatic heterocycles. The highest BCUT2D eigenvalue weighted by molar-refractivity contribution is 7.89. The van der Waals surface area contributed by atoms with Gasteiger partial charge in [0, 0.05) is 18.3 Å². The molecule has 0 unspecified atom stereocenters. The molecule has 168 valence electrons. The molecule has 2 aromatic rings. The molecule has 1 aromatic heterocycles. The zero-order valence-electron chi connectivity index (χ0n) is 16.8. The average molecular weight is 457 g/mol. The van der Waals surface area contributed by atoms with E-state index >= 15 is 0 Å². The molecular weight excluding hydrogens is 435 g/mol. The Morgan fingerprint density at radius 1 is 1.26 bits per heavy atom. The molecular formula is C20H22F3N3O4S. The Hall–Kier alpha value is -2.40.